The minimum absolute atomic E-state index is 1.07. The topological polar surface area (TPSA) is 0 Å². The number of benzene rings is 2. The van der Waals surface area contributed by atoms with E-state index in [2.05, 4.69) is 62.4 Å². The van der Waals surface area contributed by atoms with Gasteiger partial charge < -0.3 is 0 Å². The largest absolute Gasteiger partial charge is 0.0654 e. The van der Waals surface area contributed by atoms with Gasteiger partial charge in [0.15, 0.2) is 0 Å². The lowest BCUT2D eigenvalue weighted by molar-refractivity contribution is 0.779. The van der Waals surface area contributed by atoms with Crippen LogP contribution in [0.5, 0.6) is 0 Å². The van der Waals surface area contributed by atoms with Crippen molar-refractivity contribution in [2.45, 2.75) is 58.8 Å². The van der Waals surface area contributed by atoms with E-state index in [1.165, 1.54) is 55.2 Å². The molecule has 0 atom stereocenters. The lowest BCUT2D eigenvalue weighted by Gasteiger charge is -2.12. The van der Waals surface area contributed by atoms with Gasteiger partial charge in [-0.2, -0.15) is 0 Å². The van der Waals surface area contributed by atoms with Crippen LogP contribution >= 0.6 is 0 Å². The van der Waals surface area contributed by atoms with Crippen LogP contribution in [0.25, 0.3) is 0 Å². The molecular formula is C21H28. The van der Waals surface area contributed by atoms with Gasteiger partial charge in [0.25, 0.3) is 0 Å². The standard InChI is InChI=1S/C21H28/c1-3-5-10-19-14-15-20(13-6-4-2)21(17-19)16-18-11-8-7-9-12-18/h7-9,11-12,14-15,17H,3-6,10,13,16H2,1-2H3. The van der Waals surface area contributed by atoms with Crippen LogP contribution in [0.1, 0.15) is 61.8 Å². The molecule has 2 aromatic rings. The molecule has 0 N–H and O–H groups in total. The molecule has 0 amide bonds. The zero-order valence-electron chi connectivity index (χ0n) is 13.6. The molecular weight excluding hydrogens is 252 g/mol. The van der Waals surface area contributed by atoms with Crippen molar-refractivity contribution >= 4 is 0 Å². The smallest absolute Gasteiger partial charge is 0.00229 e. The molecule has 2 aromatic carbocycles. The summed E-state index contributed by atoms with van der Waals surface area (Å²) in [6.45, 7) is 4.53. The zero-order chi connectivity index (χ0) is 14.9. The highest BCUT2D eigenvalue weighted by atomic mass is 14.1. The molecule has 0 heterocycles. The predicted octanol–water partition coefficient (Wildman–Crippen LogP) is 5.96. The summed E-state index contributed by atoms with van der Waals surface area (Å²) in [5.41, 5.74) is 6.00. The summed E-state index contributed by atoms with van der Waals surface area (Å²) >= 11 is 0. The van der Waals surface area contributed by atoms with Crippen molar-refractivity contribution in [3.63, 3.8) is 0 Å². The zero-order valence-corrected chi connectivity index (χ0v) is 13.6. The van der Waals surface area contributed by atoms with Crippen molar-refractivity contribution in [3.8, 4) is 0 Å². The molecule has 0 aliphatic carbocycles. The first kappa shape index (κ1) is 15.8. The molecule has 0 aliphatic heterocycles. The van der Waals surface area contributed by atoms with Crippen molar-refractivity contribution < 1.29 is 0 Å². The maximum absolute atomic E-state index is 2.45. The van der Waals surface area contributed by atoms with Crippen LogP contribution in [-0.2, 0) is 19.3 Å². The molecule has 0 bridgehead atoms. The quantitative estimate of drug-likeness (QED) is 0.559. The predicted molar refractivity (Wildman–Crippen MR) is 92.9 cm³/mol. The molecule has 21 heavy (non-hydrogen) atoms. The van der Waals surface area contributed by atoms with E-state index in [9.17, 15) is 0 Å². The van der Waals surface area contributed by atoms with Crippen molar-refractivity contribution in [2.24, 2.45) is 0 Å². The Morgan fingerprint density at radius 2 is 1.38 bits per heavy atom. The van der Waals surface area contributed by atoms with Gasteiger partial charge in [-0.05, 0) is 54.4 Å². The lowest BCUT2D eigenvalue weighted by atomic mass is 9.93. The van der Waals surface area contributed by atoms with Crippen LogP contribution in [0.2, 0.25) is 0 Å². The second-order valence-corrected chi connectivity index (χ2v) is 5.97. The van der Waals surface area contributed by atoms with E-state index in [-0.39, 0.29) is 0 Å². The number of aryl methyl sites for hydroxylation is 2. The first-order valence-corrected chi connectivity index (χ1v) is 8.48. The average Bonchev–Trinajstić information content (AvgIpc) is 2.53. The Morgan fingerprint density at radius 1 is 0.667 bits per heavy atom. The lowest BCUT2D eigenvalue weighted by Crippen LogP contribution is -1.98. The third kappa shape index (κ3) is 5.04. The Labute approximate surface area is 130 Å². The van der Waals surface area contributed by atoms with Crippen molar-refractivity contribution in [2.75, 3.05) is 0 Å². The minimum atomic E-state index is 1.07. The molecule has 0 saturated carbocycles. The van der Waals surface area contributed by atoms with Crippen molar-refractivity contribution in [3.05, 3.63) is 70.8 Å². The number of rotatable bonds is 8. The van der Waals surface area contributed by atoms with Crippen LogP contribution in [-0.4, -0.2) is 0 Å². The molecule has 2 rings (SSSR count). The van der Waals surface area contributed by atoms with Gasteiger partial charge in [-0.25, -0.2) is 0 Å². The Bertz CT molecular complexity index is 525. The van der Waals surface area contributed by atoms with Crippen LogP contribution in [0.15, 0.2) is 48.5 Å². The van der Waals surface area contributed by atoms with Gasteiger partial charge in [0.05, 0.1) is 0 Å². The molecule has 112 valence electrons. The van der Waals surface area contributed by atoms with Crippen LogP contribution in [0.3, 0.4) is 0 Å². The Hall–Kier alpha value is -1.56. The summed E-state index contributed by atoms with van der Waals surface area (Å²) in [6.07, 6.45) is 8.61. The van der Waals surface area contributed by atoms with Crippen LogP contribution in [0, 0.1) is 0 Å². The summed E-state index contributed by atoms with van der Waals surface area (Å²) in [7, 11) is 0. The van der Waals surface area contributed by atoms with E-state index in [1.807, 2.05) is 0 Å². The van der Waals surface area contributed by atoms with Gasteiger partial charge in [-0.3, -0.25) is 0 Å². The van der Waals surface area contributed by atoms with Gasteiger partial charge >= 0.3 is 0 Å². The molecule has 0 spiro atoms. The van der Waals surface area contributed by atoms with E-state index >= 15 is 0 Å². The van der Waals surface area contributed by atoms with Gasteiger partial charge in [0.2, 0.25) is 0 Å². The fourth-order valence-corrected chi connectivity index (χ4v) is 2.81. The molecule has 0 fully saturated rings. The van der Waals surface area contributed by atoms with E-state index in [1.54, 1.807) is 5.56 Å². The Morgan fingerprint density at radius 3 is 2.10 bits per heavy atom. The van der Waals surface area contributed by atoms with E-state index in [0.717, 1.165) is 6.42 Å². The van der Waals surface area contributed by atoms with E-state index < -0.39 is 0 Å². The average molecular weight is 280 g/mol. The van der Waals surface area contributed by atoms with Gasteiger partial charge in [0.1, 0.15) is 0 Å². The summed E-state index contributed by atoms with van der Waals surface area (Å²) in [5.74, 6) is 0. The summed E-state index contributed by atoms with van der Waals surface area (Å²) < 4.78 is 0. The first-order valence-electron chi connectivity index (χ1n) is 8.48. The Kier molecular flexibility index (Phi) is 6.53. The highest BCUT2D eigenvalue weighted by molar-refractivity contribution is 5.36. The minimum Gasteiger partial charge on any atom is -0.0654 e. The van der Waals surface area contributed by atoms with Crippen molar-refractivity contribution in [1.82, 2.24) is 0 Å². The van der Waals surface area contributed by atoms with Crippen LogP contribution < -0.4 is 0 Å². The molecule has 0 nitrogen and oxygen atoms in total. The van der Waals surface area contributed by atoms with Gasteiger partial charge in [-0.1, -0.05) is 75.2 Å². The number of unbranched alkanes of at least 4 members (excludes halogenated alkanes) is 2. The second kappa shape index (κ2) is 8.67. The number of hydrogen-bond acceptors (Lipinski definition) is 0. The van der Waals surface area contributed by atoms with Gasteiger partial charge in [-0.15, -0.1) is 0 Å². The summed E-state index contributed by atoms with van der Waals surface area (Å²) in [6, 6.07) is 18.0. The SMILES string of the molecule is CCCCc1ccc(CCCC)c(Cc2ccccc2)c1. The Balaban J connectivity index is 2.20. The maximum Gasteiger partial charge on any atom is -0.00229 e. The molecule has 0 unspecified atom stereocenters. The monoisotopic (exact) mass is 280 g/mol. The normalized spacial score (nSPS) is 10.8. The molecule has 0 aliphatic rings. The molecule has 0 aromatic heterocycles. The molecule has 0 radical (unpaired) electrons. The summed E-state index contributed by atoms with van der Waals surface area (Å²) in [4.78, 5) is 0. The van der Waals surface area contributed by atoms with E-state index in [0.29, 0.717) is 0 Å². The third-order valence-electron chi connectivity index (χ3n) is 4.13. The molecule has 0 saturated heterocycles. The molecule has 0 heteroatoms. The maximum atomic E-state index is 2.45. The third-order valence-corrected chi connectivity index (χ3v) is 4.13. The highest BCUT2D eigenvalue weighted by Gasteiger charge is 2.05. The van der Waals surface area contributed by atoms with Gasteiger partial charge in [0, 0.05) is 0 Å². The fraction of sp³-hybridized carbons (Fsp3) is 0.429. The summed E-state index contributed by atoms with van der Waals surface area (Å²) in [5, 5.41) is 0. The second-order valence-electron chi connectivity index (χ2n) is 5.97. The van der Waals surface area contributed by atoms with Crippen LogP contribution in [0.4, 0.5) is 0 Å². The van der Waals surface area contributed by atoms with E-state index in [4.69, 9.17) is 0 Å². The number of hydrogen-bond donors (Lipinski definition) is 0. The van der Waals surface area contributed by atoms with Crippen molar-refractivity contribution in [1.29, 1.82) is 0 Å². The highest BCUT2D eigenvalue weighted by Crippen LogP contribution is 2.20. The fourth-order valence-electron chi connectivity index (χ4n) is 2.81. The first-order chi connectivity index (χ1) is 10.3.